The first kappa shape index (κ1) is 32.1. The SMILES string of the molecule is CCON1CCC(N(C)c2c(F)c(Oc3cccc(-c4nccn4C)c3)nc(Oc3cc(C(=N)N)ccc3O)c2F)CC1C=C=O. The third-order valence-electron chi connectivity index (χ3n) is 7.62. The van der Waals surface area contributed by atoms with Gasteiger partial charge < -0.3 is 29.8 Å². The van der Waals surface area contributed by atoms with Crippen LogP contribution in [0.5, 0.6) is 29.0 Å². The van der Waals surface area contributed by atoms with Crippen LogP contribution < -0.4 is 20.1 Å². The lowest BCUT2D eigenvalue weighted by Crippen LogP contribution is -2.48. The molecule has 2 aromatic heterocycles. The predicted molar refractivity (Wildman–Crippen MR) is 166 cm³/mol. The molecule has 4 aromatic rings. The average Bonchev–Trinajstić information content (AvgIpc) is 3.47. The number of halogens is 2. The summed E-state index contributed by atoms with van der Waals surface area (Å²) in [5.41, 5.74) is 5.97. The van der Waals surface area contributed by atoms with Gasteiger partial charge in [0, 0.05) is 56.3 Å². The molecule has 46 heavy (non-hydrogen) atoms. The first-order chi connectivity index (χ1) is 22.1. The second-order valence-electron chi connectivity index (χ2n) is 10.6. The molecule has 5 rings (SSSR count). The fraction of sp³-hybridized carbons (Fsp3) is 0.281. The molecule has 0 bridgehead atoms. The van der Waals surface area contributed by atoms with Gasteiger partial charge in [-0.3, -0.25) is 10.2 Å². The van der Waals surface area contributed by atoms with Crippen LogP contribution in [0, 0.1) is 17.0 Å². The predicted octanol–water partition coefficient (Wildman–Crippen LogP) is 4.94. The van der Waals surface area contributed by atoms with Gasteiger partial charge in [0.2, 0.25) is 11.6 Å². The molecule has 0 aliphatic carbocycles. The molecule has 1 aliphatic heterocycles. The second kappa shape index (κ2) is 13.8. The van der Waals surface area contributed by atoms with Gasteiger partial charge in [-0.15, -0.1) is 0 Å². The van der Waals surface area contributed by atoms with Crippen LogP contribution in [-0.2, 0) is 16.7 Å². The Bertz CT molecular complexity index is 1790. The van der Waals surface area contributed by atoms with Crippen molar-refractivity contribution in [2.24, 2.45) is 12.8 Å². The number of nitrogens with zero attached hydrogens (tertiary/aromatic N) is 5. The number of aromatic hydroxyl groups is 1. The van der Waals surface area contributed by atoms with E-state index in [1.54, 1.807) is 52.2 Å². The number of benzene rings is 2. The van der Waals surface area contributed by atoms with Gasteiger partial charge in [-0.25, -0.2) is 9.78 Å². The molecule has 12 nitrogen and oxygen atoms in total. The topological polar surface area (TPSA) is 152 Å². The molecule has 4 N–H and O–H groups in total. The van der Waals surface area contributed by atoms with Crippen molar-refractivity contribution in [3.8, 4) is 40.4 Å². The molecule has 0 spiro atoms. The Labute approximate surface area is 263 Å². The molecule has 2 unspecified atom stereocenters. The van der Waals surface area contributed by atoms with E-state index in [-0.39, 0.29) is 28.6 Å². The van der Waals surface area contributed by atoms with Gasteiger partial charge in [0.25, 0.3) is 11.8 Å². The van der Waals surface area contributed by atoms with E-state index in [4.69, 9.17) is 25.5 Å². The lowest BCUT2D eigenvalue weighted by atomic mass is 9.97. The van der Waals surface area contributed by atoms with E-state index in [2.05, 4.69) is 9.97 Å². The Morgan fingerprint density at radius 1 is 1.22 bits per heavy atom. The Kier molecular flexibility index (Phi) is 9.61. The first-order valence-corrected chi connectivity index (χ1v) is 14.4. The van der Waals surface area contributed by atoms with Crippen molar-refractivity contribution in [1.29, 1.82) is 5.41 Å². The summed E-state index contributed by atoms with van der Waals surface area (Å²) in [5, 5.41) is 19.8. The molecule has 2 aromatic carbocycles. The number of piperidine rings is 1. The van der Waals surface area contributed by atoms with Crippen molar-refractivity contribution < 1.29 is 33.0 Å². The monoisotopic (exact) mass is 633 g/mol. The van der Waals surface area contributed by atoms with Crippen LogP contribution in [0.15, 0.2) is 60.9 Å². The molecule has 14 heteroatoms. The van der Waals surface area contributed by atoms with E-state index in [0.29, 0.717) is 37.4 Å². The van der Waals surface area contributed by atoms with Crippen LogP contribution in [0.2, 0.25) is 0 Å². The number of amidine groups is 1. The second-order valence-corrected chi connectivity index (χ2v) is 10.6. The van der Waals surface area contributed by atoms with Crippen molar-refractivity contribution in [2.45, 2.75) is 31.8 Å². The number of nitrogen functional groups attached to an aromatic ring is 1. The van der Waals surface area contributed by atoms with E-state index in [1.807, 2.05) is 14.0 Å². The number of hydroxylamine groups is 2. The van der Waals surface area contributed by atoms with Gasteiger partial charge in [0.05, 0.1) is 12.6 Å². The van der Waals surface area contributed by atoms with Gasteiger partial charge in [-0.2, -0.15) is 18.8 Å². The fourth-order valence-electron chi connectivity index (χ4n) is 5.30. The fourth-order valence-corrected chi connectivity index (χ4v) is 5.30. The van der Waals surface area contributed by atoms with Crippen LogP contribution >= 0.6 is 0 Å². The van der Waals surface area contributed by atoms with Gasteiger partial charge in [-0.1, -0.05) is 12.1 Å². The van der Waals surface area contributed by atoms with Crippen LogP contribution in [0.3, 0.4) is 0 Å². The summed E-state index contributed by atoms with van der Waals surface area (Å²) in [6, 6.07) is 9.67. The Hall–Kier alpha value is -5.30. The van der Waals surface area contributed by atoms with Crippen molar-refractivity contribution in [2.75, 3.05) is 25.1 Å². The third kappa shape index (κ3) is 6.69. The van der Waals surface area contributed by atoms with Gasteiger partial charge in [0.15, 0.2) is 11.5 Å². The minimum atomic E-state index is -1.16. The molecule has 1 fully saturated rings. The van der Waals surface area contributed by atoms with Crippen LogP contribution in [0.4, 0.5) is 14.5 Å². The summed E-state index contributed by atoms with van der Waals surface area (Å²) in [5.74, 6) is -1.86. The number of anilines is 1. The number of hydrogen-bond acceptors (Lipinski definition) is 10. The van der Waals surface area contributed by atoms with Crippen LogP contribution in [0.1, 0.15) is 25.3 Å². The molecule has 0 radical (unpaired) electrons. The lowest BCUT2D eigenvalue weighted by Gasteiger charge is -2.40. The van der Waals surface area contributed by atoms with E-state index < -0.39 is 41.2 Å². The van der Waals surface area contributed by atoms with E-state index in [9.17, 15) is 9.90 Å². The van der Waals surface area contributed by atoms with Crippen LogP contribution in [-0.4, -0.2) is 68.8 Å². The highest BCUT2D eigenvalue weighted by molar-refractivity contribution is 5.95. The number of aryl methyl sites for hydroxylation is 1. The minimum Gasteiger partial charge on any atom is -0.504 e. The molecule has 3 heterocycles. The number of carbonyl (C=O) groups excluding carboxylic acids is 1. The number of phenols is 1. The maximum atomic E-state index is 16.3. The van der Waals surface area contributed by atoms with Gasteiger partial charge in [-0.05, 0) is 50.1 Å². The highest BCUT2D eigenvalue weighted by Gasteiger charge is 2.35. The molecule has 240 valence electrons. The van der Waals surface area contributed by atoms with Gasteiger partial charge >= 0.3 is 0 Å². The van der Waals surface area contributed by atoms with E-state index >= 15 is 8.78 Å². The molecule has 0 amide bonds. The molecule has 1 aliphatic rings. The number of phenolic OH excluding ortho intramolecular Hbond substituents is 1. The number of pyridine rings is 1. The zero-order chi connectivity index (χ0) is 33.0. The maximum absolute atomic E-state index is 16.3. The quantitative estimate of drug-likeness (QED) is 0.118. The largest absolute Gasteiger partial charge is 0.504 e. The third-order valence-corrected chi connectivity index (χ3v) is 7.62. The molecule has 1 saturated heterocycles. The zero-order valence-electron chi connectivity index (χ0n) is 25.4. The first-order valence-electron chi connectivity index (χ1n) is 14.4. The summed E-state index contributed by atoms with van der Waals surface area (Å²) in [7, 11) is 3.35. The van der Waals surface area contributed by atoms with Gasteiger partial charge in [0.1, 0.15) is 29.0 Å². The summed E-state index contributed by atoms with van der Waals surface area (Å²) in [4.78, 5) is 26.7. The Morgan fingerprint density at radius 2 is 1.98 bits per heavy atom. The summed E-state index contributed by atoms with van der Waals surface area (Å²) in [6.07, 6.45) is 5.48. The smallest absolute Gasteiger partial charge is 0.261 e. The highest BCUT2D eigenvalue weighted by atomic mass is 19.1. The number of ether oxygens (including phenoxy) is 2. The molecular formula is C32H33F2N7O5. The number of imidazole rings is 1. The van der Waals surface area contributed by atoms with Crippen molar-refractivity contribution in [1.82, 2.24) is 19.6 Å². The molecular weight excluding hydrogens is 600 g/mol. The summed E-state index contributed by atoms with van der Waals surface area (Å²) < 4.78 is 46.0. The number of nitrogens with one attached hydrogen (secondary N) is 1. The van der Waals surface area contributed by atoms with Crippen LogP contribution in [0.25, 0.3) is 11.4 Å². The Balaban J connectivity index is 1.57. The highest BCUT2D eigenvalue weighted by Crippen LogP contribution is 2.41. The summed E-state index contributed by atoms with van der Waals surface area (Å²) >= 11 is 0. The summed E-state index contributed by atoms with van der Waals surface area (Å²) in [6.45, 7) is 2.59. The normalized spacial score (nSPS) is 16.5. The average molecular weight is 634 g/mol. The number of rotatable bonds is 11. The van der Waals surface area contributed by atoms with Crippen molar-refractivity contribution >= 4 is 17.5 Å². The number of hydrogen-bond donors (Lipinski definition) is 3. The zero-order valence-corrected chi connectivity index (χ0v) is 25.4. The Morgan fingerprint density at radius 3 is 2.65 bits per heavy atom. The molecule has 0 saturated carbocycles. The van der Waals surface area contributed by atoms with Crippen molar-refractivity contribution in [3.05, 3.63) is 78.1 Å². The number of aromatic nitrogens is 3. The van der Waals surface area contributed by atoms with Crippen molar-refractivity contribution in [3.63, 3.8) is 0 Å². The lowest BCUT2D eigenvalue weighted by molar-refractivity contribution is -0.185. The maximum Gasteiger partial charge on any atom is 0.261 e. The number of nitrogens with two attached hydrogens (primary N) is 1. The van der Waals surface area contributed by atoms with E-state index in [1.165, 1.54) is 36.2 Å². The standard InChI is InChI=1S/C32H33F2N7O5/c1-4-44-41-13-10-21(18-22(41)11-15-42)40(3)28-26(33)31(45-23-7-5-6-20(16-23)30-37-12-14-39(30)2)38-32(27(28)34)46-25-17-19(29(35)36)8-9-24(25)43/h5-9,11-12,14,16-17,21-22,43H,4,10,13,18H2,1-3H3,(H3,35,36). The molecule has 2 atom stereocenters. The minimum absolute atomic E-state index is 0.195. The van der Waals surface area contributed by atoms with E-state index in [0.717, 1.165) is 0 Å².